The molecular weight excluding hydrogens is 202 g/mol. The van der Waals surface area contributed by atoms with Crippen molar-refractivity contribution < 1.29 is 9.53 Å². The number of methoxy groups -OCH3 is 1. The standard InChI is InChI=1S/C13H15NO2/c1-3-5-13(15)12(9-14)10-6-4-7-11(8-10)16-2/h4,6-8,12H,3,5H2,1-2H3. The van der Waals surface area contributed by atoms with Crippen LogP contribution in [0, 0.1) is 11.3 Å². The first-order valence-electron chi connectivity index (χ1n) is 5.29. The molecule has 0 aliphatic rings. The number of nitriles is 1. The zero-order valence-corrected chi connectivity index (χ0v) is 9.56. The van der Waals surface area contributed by atoms with Crippen molar-refractivity contribution in [1.29, 1.82) is 5.26 Å². The van der Waals surface area contributed by atoms with Gasteiger partial charge in [-0.05, 0) is 24.1 Å². The number of nitrogens with zero attached hydrogens (tertiary/aromatic N) is 1. The predicted octanol–water partition coefficient (Wildman–Crippen LogP) is 2.67. The quantitative estimate of drug-likeness (QED) is 0.761. The molecule has 0 heterocycles. The largest absolute Gasteiger partial charge is 0.497 e. The molecule has 0 radical (unpaired) electrons. The third-order valence-corrected chi connectivity index (χ3v) is 2.37. The smallest absolute Gasteiger partial charge is 0.154 e. The lowest BCUT2D eigenvalue weighted by Gasteiger charge is -2.09. The summed E-state index contributed by atoms with van der Waals surface area (Å²) in [6.07, 6.45) is 1.20. The Kier molecular flexibility index (Phi) is 4.53. The molecule has 0 fully saturated rings. The Morgan fingerprint density at radius 1 is 1.56 bits per heavy atom. The topological polar surface area (TPSA) is 50.1 Å². The van der Waals surface area contributed by atoms with Gasteiger partial charge < -0.3 is 4.74 Å². The third-order valence-electron chi connectivity index (χ3n) is 2.37. The van der Waals surface area contributed by atoms with Gasteiger partial charge in [-0.25, -0.2) is 0 Å². The van der Waals surface area contributed by atoms with E-state index in [2.05, 4.69) is 0 Å². The number of hydrogen-bond donors (Lipinski definition) is 0. The second-order valence-electron chi connectivity index (χ2n) is 3.56. The lowest BCUT2D eigenvalue weighted by atomic mass is 9.93. The van der Waals surface area contributed by atoms with Crippen molar-refractivity contribution in [3.05, 3.63) is 29.8 Å². The average Bonchev–Trinajstić information content (AvgIpc) is 2.31. The Morgan fingerprint density at radius 3 is 2.88 bits per heavy atom. The van der Waals surface area contributed by atoms with Gasteiger partial charge in [0.1, 0.15) is 11.7 Å². The van der Waals surface area contributed by atoms with Crippen LogP contribution in [0.15, 0.2) is 24.3 Å². The summed E-state index contributed by atoms with van der Waals surface area (Å²) in [4.78, 5) is 11.7. The summed E-state index contributed by atoms with van der Waals surface area (Å²) in [5, 5.41) is 9.03. The van der Waals surface area contributed by atoms with Crippen LogP contribution in [0.4, 0.5) is 0 Å². The van der Waals surface area contributed by atoms with E-state index in [4.69, 9.17) is 10.00 Å². The highest BCUT2D eigenvalue weighted by Crippen LogP contribution is 2.22. The van der Waals surface area contributed by atoms with Gasteiger partial charge in [0.15, 0.2) is 5.78 Å². The third kappa shape index (κ3) is 2.83. The van der Waals surface area contributed by atoms with Gasteiger partial charge in [0.25, 0.3) is 0 Å². The molecule has 0 aliphatic carbocycles. The normalized spacial score (nSPS) is 11.6. The first-order valence-corrected chi connectivity index (χ1v) is 5.29. The molecule has 3 nitrogen and oxygen atoms in total. The van der Waals surface area contributed by atoms with Crippen molar-refractivity contribution in [2.24, 2.45) is 0 Å². The van der Waals surface area contributed by atoms with E-state index in [1.54, 1.807) is 31.4 Å². The molecule has 3 heteroatoms. The lowest BCUT2D eigenvalue weighted by Crippen LogP contribution is -2.10. The van der Waals surface area contributed by atoms with E-state index >= 15 is 0 Å². The highest BCUT2D eigenvalue weighted by Gasteiger charge is 2.19. The van der Waals surface area contributed by atoms with Crippen LogP contribution in [0.25, 0.3) is 0 Å². The van der Waals surface area contributed by atoms with Crippen LogP contribution >= 0.6 is 0 Å². The van der Waals surface area contributed by atoms with Gasteiger partial charge in [-0.1, -0.05) is 19.1 Å². The SMILES string of the molecule is CCCC(=O)C(C#N)c1cccc(OC)c1. The van der Waals surface area contributed by atoms with Crippen molar-refractivity contribution in [3.63, 3.8) is 0 Å². The van der Waals surface area contributed by atoms with Gasteiger partial charge in [-0.2, -0.15) is 5.26 Å². The number of rotatable bonds is 5. The summed E-state index contributed by atoms with van der Waals surface area (Å²) in [5.74, 6) is -0.0321. The fourth-order valence-electron chi connectivity index (χ4n) is 1.54. The second kappa shape index (κ2) is 5.92. The molecule has 1 aromatic rings. The van der Waals surface area contributed by atoms with Crippen LogP contribution in [0.3, 0.4) is 0 Å². The zero-order chi connectivity index (χ0) is 12.0. The van der Waals surface area contributed by atoms with E-state index in [9.17, 15) is 4.79 Å². The molecule has 84 valence electrons. The van der Waals surface area contributed by atoms with Crippen LogP contribution in [0.5, 0.6) is 5.75 Å². The number of benzene rings is 1. The van der Waals surface area contributed by atoms with E-state index in [0.717, 1.165) is 6.42 Å². The Labute approximate surface area is 95.7 Å². The molecule has 0 saturated carbocycles. The van der Waals surface area contributed by atoms with Gasteiger partial charge in [0, 0.05) is 6.42 Å². The number of carbonyl (C=O) groups excluding carboxylic acids is 1. The molecule has 0 aromatic heterocycles. The summed E-state index contributed by atoms with van der Waals surface area (Å²) in [5.41, 5.74) is 0.709. The molecule has 1 aromatic carbocycles. The minimum atomic E-state index is -0.671. The monoisotopic (exact) mass is 217 g/mol. The molecule has 1 rings (SSSR count). The van der Waals surface area contributed by atoms with E-state index in [1.165, 1.54) is 0 Å². The average molecular weight is 217 g/mol. The Bertz CT molecular complexity index is 407. The Morgan fingerprint density at radius 2 is 2.31 bits per heavy atom. The molecule has 0 spiro atoms. The number of Topliss-reactive ketones (excluding diaryl/α,β-unsaturated/α-hetero) is 1. The van der Waals surface area contributed by atoms with E-state index in [-0.39, 0.29) is 5.78 Å². The van der Waals surface area contributed by atoms with Crippen molar-refractivity contribution in [2.45, 2.75) is 25.7 Å². The summed E-state index contributed by atoms with van der Waals surface area (Å²) in [6.45, 7) is 1.93. The van der Waals surface area contributed by atoms with E-state index in [0.29, 0.717) is 17.7 Å². The van der Waals surface area contributed by atoms with Crippen molar-refractivity contribution in [3.8, 4) is 11.8 Å². The van der Waals surface area contributed by atoms with Crippen LogP contribution < -0.4 is 4.74 Å². The second-order valence-corrected chi connectivity index (χ2v) is 3.56. The number of ether oxygens (including phenoxy) is 1. The van der Waals surface area contributed by atoms with Crippen LogP contribution in [0.1, 0.15) is 31.2 Å². The maximum Gasteiger partial charge on any atom is 0.154 e. The minimum Gasteiger partial charge on any atom is -0.497 e. The van der Waals surface area contributed by atoms with Gasteiger partial charge in [0.2, 0.25) is 0 Å². The van der Waals surface area contributed by atoms with Crippen LogP contribution in [-0.2, 0) is 4.79 Å². The van der Waals surface area contributed by atoms with Crippen LogP contribution in [-0.4, -0.2) is 12.9 Å². The molecule has 0 amide bonds. The number of ketones is 1. The lowest BCUT2D eigenvalue weighted by molar-refractivity contribution is -0.119. The highest BCUT2D eigenvalue weighted by atomic mass is 16.5. The molecule has 0 saturated heterocycles. The summed E-state index contributed by atoms with van der Waals surface area (Å²) < 4.78 is 5.07. The van der Waals surface area contributed by atoms with Gasteiger partial charge in [0.05, 0.1) is 13.2 Å². The fraction of sp³-hybridized carbons (Fsp3) is 0.385. The maximum absolute atomic E-state index is 11.7. The summed E-state index contributed by atoms with van der Waals surface area (Å²) in [7, 11) is 1.56. The first-order chi connectivity index (χ1) is 7.72. The van der Waals surface area contributed by atoms with Crippen molar-refractivity contribution in [1.82, 2.24) is 0 Å². The zero-order valence-electron chi connectivity index (χ0n) is 9.56. The van der Waals surface area contributed by atoms with Crippen molar-refractivity contribution >= 4 is 5.78 Å². The first kappa shape index (κ1) is 12.3. The summed E-state index contributed by atoms with van der Waals surface area (Å²) in [6, 6.07) is 9.15. The molecule has 1 atom stereocenters. The van der Waals surface area contributed by atoms with Crippen LogP contribution in [0.2, 0.25) is 0 Å². The minimum absolute atomic E-state index is 0.0294. The molecule has 0 bridgehead atoms. The van der Waals surface area contributed by atoms with Gasteiger partial charge >= 0.3 is 0 Å². The fourth-order valence-corrected chi connectivity index (χ4v) is 1.54. The molecule has 16 heavy (non-hydrogen) atoms. The predicted molar refractivity (Wildman–Crippen MR) is 61.3 cm³/mol. The van der Waals surface area contributed by atoms with E-state index < -0.39 is 5.92 Å². The van der Waals surface area contributed by atoms with Crippen molar-refractivity contribution in [2.75, 3.05) is 7.11 Å². The Hall–Kier alpha value is -1.82. The molecular formula is C13H15NO2. The number of hydrogen-bond acceptors (Lipinski definition) is 3. The number of carbonyl (C=O) groups is 1. The van der Waals surface area contributed by atoms with E-state index in [1.807, 2.05) is 13.0 Å². The van der Waals surface area contributed by atoms with Gasteiger partial charge in [-0.3, -0.25) is 4.79 Å². The molecule has 0 aliphatic heterocycles. The summed E-state index contributed by atoms with van der Waals surface area (Å²) >= 11 is 0. The maximum atomic E-state index is 11.7. The molecule has 1 unspecified atom stereocenters. The molecule has 0 N–H and O–H groups in total. The van der Waals surface area contributed by atoms with Gasteiger partial charge in [-0.15, -0.1) is 0 Å². The highest BCUT2D eigenvalue weighted by molar-refractivity contribution is 5.88. The Balaban J connectivity index is 2.95.